The lowest BCUT2D eigenvalue weighted by atomic mass is 9.90. The Kier molecular flexibility index (Phi) is 6.77. The van der Waals surface area contributed by atoms with Gasteiger partial charge in [0.05, 0.1) is 12.1 Å². The van der Waals surface area contributed by atoms with Gasteiger partial charge >= 0.3 is 12.1 Å². The van der Waals surface area contributed by atoms with Crippen LogP contribution in [0.3, 0.4) is 0 Å². The highest BCUT2D eigenvalue weighted by molar-refractivity contribution is 5.80. The van der Waals surface area contributed by atoms with Crippen molar-refractivity contribution in [2.24, 2.45) is 17.6 Å². The van der Waals surface area contributed by atoms with Crippen molar-refractivity contribution in [1.29, 1.82) is 5.26 Å². The van der Waals surface area contributed by atoms with Crippen molar-refractivity contribution in [3.63, 3.8) is 0 Å². The highest BCUT2D eigenvalue weighted by Gasteiger charge is 2.69. The SMILES string of the molecule is CC(C)C[C@@H](C(N)=O)N([C@@H](c1ccc(C#CC2CC2)cc1)C(F)(F)C(F)(F)F)C1(C#N)CC1. The van der Waals surface area contributed by atoms with Crippen LogP contribution in [0.2, 0.25) is 0 Å². The van der Waals surface area contributed by atoms with Crippen LogP contribution in [0, 0.1) is 35.0 Å². The second-order valence-electron chi connectivity index (χ2n) is 9.29. The van der Waals surface area contributed by atoms with Crippen molar-refractivity contribution >= 4 is 5.91 Å². The summed E-state index contributed by atoms with van der Waals surface area (Å²) in [5.41, 5.74) is 4.00. The average molecular weight is 467 g/mol. The van der Waals surface area contributed by atoms with Crippen LogP contribution in [0.1, 0.15) is 63.1 Å². The molecule has 0 radical (unpaired) electrons. The number of halogens is 5. The van der Waals surface area contributed by atoms with E-state index >= 15 is 8.78 Å². The van der Waals surface area contributed by atoms with E-state index in [0.29, 0.717) is 11.5 Å². The second kappa shape index (κ2) is 8.95. The molecule has 3 rings (SSSR count). The maximum Gasteiger partial charge on any atom is 0.455 e. The predicted molar refractivity (Wildman–Crippen MR) is 112 cm³/mol. The summed E-state index contributed by atoms with van der Waals surface area (Å²) in [6.45, 7) is 3.40. The number of hydrogen-bond acceptors (Lipinski definition) is 3. The summed E-state index contributed by atoms with van der Waals surface area (Å²) in [6, 6.07) is 2.91. The smallest absolute Gasteiger partial charge is 0.368 e. The van der Waals surface area contributed by atoms with Crippen LogP contribution in [0.15, 0.2) is 24.3 Å². The molecule has 4 nitrogen and oxygen atoms in total. The molecule has 0 unspecified atom stereocenters. The van der Waals surface area contributed by atoms with Crippen LogP contribution in [-0.2, 0) is 4.79 Å². The minimum Gasteiger partial charge on any atom is -0.368 e. The van der Waals surface area contributed by atoms with Gasteiger partial charge in [-0.25, -0.2) is 0 Å². The number of amides is 1. The van der Waals surface area contributed by atoms with Crippen molar-refractivity contribution in [2.75, 3.05) is 0 Å². The molecule has 0 aromatic heterocycles. The molecule has 2 saturated carbocycles. The summed E-state index contributed by atoms with van der Waals surface area (Å²) in [5, 5.41) is 9.74. The third-order valence-corrected chi connectivity index (χ3v) is 6.01. The molecular formula is C24H26F5N3O. The summed E-state index contributed by atoms with van der Waals surface area (Å²) < 4.78 is 71.2. The van der Waals surface area contributed by atoms with Gasteiger partial charge in [-0.3, -0.25) is 9.69 Å². The van der Waals surface area contributed by atoms with E-state index in [0.717, 1.165) is 29.9 Å². The highest BCUT2D eigenvalue weighted by Crippen LogP contribution is 2.55. The van der Waals surface area contributed by atoms with Gasteiger partial charge in [0.2, 0.25) is 5.91 Å². The third-order valence-electron chi connectivity index (χ3n) is 6.01. The van der Waals surface area contributed by atoms with E-state index in [9.17, 15) is 23.2 Å². The fourth-order valence-corrected chi connectivity index (χ4v) is 3.95. The summed E-state index contributed by atoms with van der Waals surface area (Å²) >= 11 is 0. The molecule has 33 heavy (non-hydrogen) atoms. The van der Waals surface area contributed by atoms with Crippen molar-refractivity contribution in [2.45, 2.75) is 75.7 Å². The first kappa shape index (κ1) is 25.0. The summed E-state index contributed by atoms with van der Waals surface area (Å²) in [5.74, 6) is -0.335. The molecule has 2 atom stereocenters. The molecule has 0 saturated heterocycles. The molecule has 9 heteroatoms. The zero-order chi connectivity index (χ0) is 24.6. The first-order valence-corrected chi connectivity index (χ1v) is 10.9. The Morgan fingerprint density at radius 1 is 1.18 bits per heavy atom. The number of nitriles is 1. The number of benzene rings is 1. The normalized spacial score (nSPS) is 19.4. The first-order valence-electron chi connectivity index (χ1n) is 10.9. The zero-order valence-electron chi connectivity index (χ0n) is 18.4. The third kappa shape index (κ3) is 5.30. The molecule has 1 aromatic carbocycles. The molecule has 2 N–H and O–H groups in total. The monoisotopic (exact) mass is 467 g/mol. The molecule has 1 aromatic rings. The Morgan fingerprint density at radius 2 is 1.76 bits per heavy atom. The van der Waals surface area contributed by atoms with E-state index in [-0.39, 0.29) is 30.7 Å². The lowest BCUT2D eigenvalue weighted by molar-refractivity contribution is -0.309. The zero-order valence-corrected chi connectivity index (χ0v) is 18.4. The van der Waals surface area contributed by atoms with Crippen molar-refractivity contribution in [1.82, 2.24) is 4.90 Å². The molecule has 2 aliphatic rings. The quantitative estimate of drug-likeness (QED) is 0.435. The van der Waals surface area contributed by atoms with Gasteiger partial charge in [-0.1, -0.05) is 37.8 Å². The van der Waals surface area contributed by atoms with Gasteiger partial charge < -0.3 is 5.73 Å². The Labute approximate surface area is 189 Å². The number of hydrogen-bond donors (Lipinski definition) is 1. The van der Waals surface area contributed by atoms with E-state index in [4.69, 9.17) is 5.73 Å². The van der Waals surface area contributed by atoms with E-state index in [2.05, 4.69) is 11.8 Å². The van der Waals surface area contributed by atoms with Gasteiger partial charge in [0.25, 0.3) is 0 Å². The Bertz CT molecular complexity index is 977. The summed E-state index contributed by atoms with van der Waals surface area (Å²) in [7, 11) is 0. The van der Waals surface area contributed by atoms with Crippen molar-refractivity contribution < 1.29 is 26.7 Å². The van der Waals surface area contributed by atoms with Crippen molar-refractivity contribution in [3.05, 3.63) is 35.4 Å². The number of rotatable bonds is 8. The van der Waals surface area contributed by atoms with E-state index < -0.39 is 35.6 Å². The topological polar surface area (TPSA) is 70.1 Å². The Balaban J connectivity index is 2.14. The van der Waals surface area contributed by atoms with Gasteiger partial charge in [-0.15, -0.1) is 0 Å². The van der Waals surface area contributed by atoms with Crippen LogP contribution >= 0.6 is 0 Å². The van der Waals surface area contributed by atoms with Gasteiger partial charge in [0.15, 0.2) is 0 Å². The number of nitrogens with zero attached hydrogens (tertiary/aromatic N) is 2. The lowest BCUT2D eigenvalue weighted by Gasteiger charge is -2.44. The van der Waals surface area contributed by atoms with Crippen LogP contribution in [0.4, 0.5) is 22.0 Å². The molecule has 2 aliphatic carbocycles. The number of carbonyl (C=O) groups excluding carboxylic acids is 1. The van der Waals surface area contributed by atoms with Crippen LogP contribution in [0.25, 0.3) is 0 Å². The van der Waals surface area contributed by atoms with Gasteiger partial charge in [-0.05, 0) is 55.7 Å². The minimum absolute atomic E-state index is 0.0614. The molecule has 2 fully saturated rings. The first-order chi connectivity index (χ1) is 15.3. The highest BCUT2D eigenvalue weighted by atomic mass is 19.4. The van der Waals surface area contributed by atoms with Crippen molar-refractivity contribution in [3.8, 4) is 17.9 Å². The Hall–Kier alpha value is -2.65. The van der Waals surface area contributed by atoms with Gasteiger partial charge in [-0.2, -0.15) is 27.2 Å². The molecule has 0 heterocycles. The number of carbonyl (C=O) groups is 1. The van der Waals surface area contributed by atoms with Gasteiger partial charge in [0.1, 0.15) is 11.6 Å². The largest absolute Gasteiger partial charge is 0.455 e. The van der Waals surface area contributed by atoms with Gasteiger partial charge in [0, 0.05) is 11.5 Å². The standard InChI is InChI=1S/C24H26F5N3O/c1-15(2)13-19(21(31)33)32(22(14-30)11-12-22)20(23(25,26)24(27,28)29)18-9-7-17(8-10-18)6-5-16-3-4-16/h7-10,15-16,19-20H,3-4,11-13H2,1-2H3,(H2,31,33)/t19-,20-/m0/s1. The average Bonchev–Trinajstić information content (AvgIpc) is 3.63. The summed E-state index contributed by atoms with van der Waals surface area (Å²) in [4.78, 5) is 13.0. The van der Waals surface area contributed by atoms with Crippen LogP contribution in [-0.4, -0.2) is 34.5 Å². The van der Waals surface area contributed by atoms with E-state index in [1.807, 2.05) is 6.07 Å². The summed E-state index contributed by atoms with van der Waals surface area (Å²) in [6.07, 6.45) is -3.86. The lowest BCUT2D eigenvalue weighted by Crippen LogP contribution is -2.59. The number of alkyl halides is 5. The molecule has 0 aliphatic heterocycles. The van der Waals surface area contributed by atoms with E-state index in [1.54, 1.807) is 13.8 Å². The number of primary amides is 1. The molecular weight excluding hydrogens is 441 g/mol. The van der Waals surface area contributed by atoms with Crippen LogP contribution < -0.4 is 5.73 Å². The second-order valence-corrected chi connectivity index (χ2v) is 9.29. The predicted octanol–water partition coefficient (Wildman–Crippen LogP) is 4.94. The maximum absolute atomic E-state index is 15.1. The van der Waals surface area contributed by atoms with E-state index in [1.165, 1.54) is 12.1 Å². The van der Waals surface area contributed by atoms with Crippen LogP contribution in [0.5, 0.6) is 0 Å². The Morgan fingerprint density at radius 3 is 2.15 bits per heavy atom. The molecule has 0 bridgehead atoms. The molecule has 1 amide bonds. The fourth-order valence-electron chi connectivity index (χ4n) is 3.95. The number of nitrogens with two attached hydrogens (primary N) is 1. The molecule has 178 valence electrons. The minimum atomic E-state index is -5.91. The fraction of sp³-hybridized carbons (Fsp3) is 0.583. The maximum atomic E-state index is 15.1. The molecule has 0 spiro atoms.